The largest absolute Gasteiger partial charge is 0.478 e. The molecule has 0 amide bonds. The minimum Gasteiger partial charge on any atom is -0.478 e. The van der Waals surface area contributed by atoms with Crippen LogP contribution >= 0.6 is 0 Å². The van der Waals surface area contributed by atoms with Crippen molar-refractivity contribution >= 4 is 5.97 Å². The third-order valence-electron chi connectivity index (χ3n) is 2.75. The van der Waals surface area contributed by atoms with E-state index in [0.29, 0.717) is 0 Å². The van der Waals surface area contributed by atoms with Crippen LogP contribution in [0.5, 0.6) is 0 Å². The van der Waals surface area contributed by atoms with Crippen molar-refractivity contribution in [3.63, 3.8) is 0 Å². The van der Waals surface area contributed by atoms with E-state index < -0.39 is 23.7 Å². The van der Waals surface area contributed by atoms with Crippen molar-refractivity contribution in [2.75, 3.05) is 0 Å². The number of aliphatic hydroxyl groups is 1. The summed E-state index contributed by atoms with van der Waals surface area (Å²) in [5.41, 5.74) is 0.133. The third kappa shape index (κ3) is 2.61. The predicted octanol–water partition coefficient (Wildman–Crippen LogP) is 2.74. The molecule has 5 heteroatoms. The van der Waals surface area contributed by atoms with Crippen molar-refractivity contribution in [2.24, 2.45) is 0 Å². The molecule has 0 saturated heterocycles. The van der Waals surface area contributed by atoms with Crippen LogP contribution < -0.4 is 0 Å². The van der Waals surface area contributed by atoms with Crippen LogP contribution in [0.4, 0.5) is 8.78 Å². The first-order chi connectivity index (χ1) is 9.00. The van der Waals surface area contributed by atoms with Gasteiger partial charge in [-0.05, 0) is 29.3 Å². The maximum atomic E-state index is 13.1. The van der Waals surface area contributed by atoms with Crippen molar-refractivity contribution < 1.29 is 23.8 Å². The number of rotatable bonds is 3. The van der Waals surface area contributed by atoms with Gasteiger partial charge < -0.3 is 10.2 Å². The smallest absolute Gasteiger partial charge is 0.336 e. The Labute approximate surface area is 107 Å². The number of hydrogen-bond acceptors (Lipinski definition) is 2. The van der Waals surface area contributed by atoms with Gasteiger partial charge in [-0.2, -0.15) is 0 Å². The molecular weight excluding hydrogens is 254 g/mol. The number of benzene rings is 2. The maximum Gasteiger partial charge on any atom is 0.336 e. The highest BCUT2D eigenvalue weighted by molar-refractivity contribution is 5.89. The molecular formula is C14H10F2O3. The molecule has 2 aromatic rings. The second-order valence-corrected chi connectivity index (χ2v) is 3.97. The fraction of sp³-hybridized carbons (Fsp3) is 0.0714. The number of aliphatic hydroxyl groups excluding tert-OH is 1. The Morgan fingerprint density at radius 2 is 1.74 bits per heavy atom. The molecule has 1 unspecified atom stereocenters. The van der Waals surface area contributed by atoms with Gasteiger partial charge in [-0.25, -0.2) is 13.6 Å². The molecule has 98 valence electrons. The van der Waals surface area contributed by atoms with Crippen LogP contribution in [-0.2, 0) is 0 Å². The number of carboxylic acid groups (broad SMARTS) is 1. The molecule has 0 fully saturated rings. The molecule has 0 aromatic heterocycles. The van der Waals surface area contributed by atoms with Crippen LogP contribution in [0.1, 0.15) is 27.6 Å². The molecule has 0 radical (unpaired) electrons. The minimum atomic E-state index is -1.33. The van der Waals surface area contributed by atoms with Crippen LogP contribution in [-0.4, -0.2) is 16.2 Å². The summed E-state index contributed by atoms with van der Waals surface area (Å²) < 4.78 is 25.9. The molecule has 0 bridgehead atoms. The zero-order valence-electron chi connectivity index (χ0n) is 9.68. The molecule has 3 nitrogen and oxygen atoms in total. The van der Waals surface area contributed by atoms with Crippen LogP contribution in [0.3, 0.4) is 0 Å². The van der Waals surface area contributed by atoms with Gasteiger partial charge in [0.05, 0.1) is 5.56 Å². The number of carboxylic acids is 1. The van der Waals surface area contributed by atoms with E-state index in [9.17, 15) is 18.7 Å². The lowest BCUT2D eigenvalue weighted by Crippen LogP contribution is -2.08. The summed E-state index contributed by atoms with van der Waals surface area (Å²) in [5, 5.41) is 19.1. The zero-order chi connectivity index (χ0) is 14.0. The lowest BCUT2D eigenvalue weighted by atomic mass is 9.97. The highest BCUT2D eigenvalue weighted by Gasteiger charge is 2.19. The van der Waals surface area contributed by atoms with Gasteiger partial charge in [0.2, 0.25) is 0 Å². The molecule has 2 N–H and O–H groups in total. The van der Waals surface area contributed by atoms with Crippen molar-refractivity contribution in [3.8, 4) is 0 Å². The van der Waals surface area contributed by atoms with E-state index in [2.05, 4.69) is 0 Å². The molecule has 0 aliphatic heterocycles. The Kier molecular flexibility index (Phi) is 3.57. The van der Waals surface area contributed by atoms with E-state index in [1.165, 1.54) is 24.3 Å². The molecule has 19 heavy (non-hydrogen) atoms. The molecule has 0 aliphatic carbocycles. The van der Waals surface area contributed by atoms with Crippen molar-refractivity contribution in [3.05, 3.63) is 70.8 Å². The van der Waals surface area contributed by atoms with Gasteiger partial charge in [0.25, 0.3) is 0 Å². The standard InChI is InChI=1S/C14H10F2O3/c15-11-6-5-8(7-12(11)16)13(17)9-3-1-2-4-10(9)14(18)19/h1-7,13,17H,(H,18,19). The summed E-state index contributed by atoms with van der Waals surface area (Å²) in [6, 6.07) is 8.78. The van der Waals surface area contributed by atoms with E-state index in [1.807, 2.05) is 0 Å². The Morgan fingerprint density at radius 1 is 1.05 bits per heavy atom. The normalized spacial score (nSPS) is 12.2. The lowest BCUT2D eigenvalue weighted by molar-refractivity contribution is 0.0691. The molecule has 2 rings (SSSR count). The van der Waals surface area contributed by atoms with Gasteiger partial charge in [0.15, 0.2) is 11.6 Å². The van der Waals surface area contributed by atoms with Gasteiger partial charge in [-0.1, -0.05) is 24.3 Å². The van der Waals surface area contributed by atoms with Crippen LogP contribution in [0.25, 0.3) is 0 Å². The van der Waals surface area contributed by atoms with Gasteiger partial charge in [0.1, 0.15) is 6.10 Å². The van der Waals surface area contributed by atoms with Gasteiger partial charge in [-0.3, -0.25) is 0 Å². The topological polar surface area (TPSA) is 57.5 Å². The quantitative estimate of drug-likeness (QED) is 0.896. The predicted molar refractivity (Wildman–Crippen MR) is 63.8 cm³/mol. The van der Waals surface area contributed by atoms with Crippen molar-refractivity contribution in [2.45, 2.75) is 6.10 Å². The number of aromatic carboxylic acids is 1. The average molecular weight is 264 g/mol. The molecule has 0 heterocycles. The summed E-state index contributed by atoms with van der Waals surface area (Å²) in [7, 11) is 0. The monoisotopic (exact) mass is 264 g/mol. The summed E-state index contributed by atoms with van der Waals surface area (Å²) in [5.74, 6) is -3.32. The summed E-state index contributed by atoms with van der Waals surface area (Å²) in [6.07, 6.45) is -1.33. The molecule has 0 saturated carbocycles. The minimum absolute atomic E-state index is 0.0836. The van der Waals surface area contributed by atoms with Crippen LogP contribution in [0, 0.1) is 11.6 Å². The Balaban J connectivity index is 2.46. The zero-order valence-corrected chi connectivity index (χ0v) is 9.68. The molecule has 0 spiro atoms. The number of carbonyl (C=O) groups is 1. The van der Waals surface area contributed by atoms with E-state index in [1.54, 1.807) is 6.07 Å². The first kappa shape index (κ1) is 13.2. The van der Waals surface area contributed by atoms with Crippen molar-refractivity contribution in [1.29, 1.82) is 0 Å². The Morgan fingerprint density at radius 3 is 2.37 bits per heavy atom. The average Bonchev–Trinajstić information content (AvgIpc) is 2.41. The fourth-order valence-electron chi connectivity index (χ4n) is 1.79. The third-order valence-corrected chi connectivity index (χ3v) is 2.75. The number of halogens is 2. The second kappa shape index (κ2) is 5.16. The van der Waals surface area contributed by atoms with E-state index in [4.69, 9.17) is 5.11 Å². The van der Waals surface area contributed by atoms with Gasteiger partial charge >= 0.3 is 5.97 Å². The van der Waals surface area contributed by atoms with Gasteiger partial charge in [-0.15, -0.1) is 0 Å². The first-order valence-electron chi connectivity index (χ1n) is 5.46. The first-order valence-corrected chi connectivity index (χ1v) is 5.46. The highest BCUT2D eigenvalue weighted by atomic mass is 19.2. The lowest BCUT2D eigenvalue weighted by Gasteiger charge is -2.14. The molecule has 0 aliphatic rings. The molecule has 2 aromatic carbocycles. The summed E-state index contributed by atoms with van der Waals surface area (Å²) in [4.78, 5) is 11.0. The molecule has 1 atom stereocenters. The van der Waals surface area contributed by atoms with Crippen molar-refractivity contribution in [1.82, 2.24) is 0 Å². The SMILES string of the molecule is O=C(O)c1ccccc1C(O)c1ccc(F)c(F)c1. The summed E-state index contributed by atoms with van der Waals surface area (Å²) >= 11 is 0. The Hall–Kier alpha value is -2.27. The van der Waals surface area contributed by atoms with E-state index >= 15 is 0 Å². The Bertz CT molecular complexity index is 626. The van der Waals surface area contributed by atoms with E-state index in [-0.39, 0.29) is 16.7 Å². The summed E-state index contributed by atoms with van der Waals surface area (Å²) in [6.45, 7) is 0. The second-order valence-electron chi connectivity index (χ2n) is 3.97. The fourth-order valence-corrected chi connectivity index (χ4v) is 1.79. The van der Waals surface area contributed by atoms with Gasteiger partial charge in [0, 0.05) is 0 Å². The maximum absolute atomic E-state index is 13.1. The highest BCUT2D eigenvalue weighted by Crippen LogP contribution is 2.26. The number of hydrogen-bond donors (Lipinski definition) is 2. The van der Waals surface area contributed by atoms with E-state index in [0.717, 1.165) is 12.1 Å². The van der Waals surface area contributed by atoms with Crippen LogP contribution in [0.15, 0.2) is 42.5 Å². The van der Waals surface area contributed by atoms with Crippen LogP contribution in [0.2, 0.25) is 0 Å².